The molecule has 1 rings (SSSR count). The van der Waals surface area contributed by atoms with Crippen molar-refractivity contribution in [3.05, 3.63) is 34.9 Å². The Hall–Kier alpha value is -1.44. The summed E-state index contributed by atoms with van der Waals surface area (Å²) in [6.45, 7) is 3.47. The highest BCUT2D eigenvalue weighted by Gasteiger charge is 2.01. The van der Waals surface area contributed by atoms with Gasteiger partial charge >= 0.3 is 0 Å². The minimum absolute atomic E-state index is 0.141. The Morgan fingerprint density at radius 1 is 1.46 bits per heavy atom. The molecule has 0 fully saturated rings. The van der Waals surface area contributed by atoms with Gasteiger partial charge in [-0.25, -0.2) is 0 Å². The fourth-order valence-corrected chi connectivity index (χ4v) is 1.26. The summed E-state index contributed by atoms with van der Waals surface area (Å²) >= 11 is 0. The van der Waals surface area contributed by atoms with Crippen molar-refractivity contribution in [3.8, 4) is 0 Å². The number of rotatable bonds is 3. The first-order chi connectivity index (χ1) is 6.13. The largest absolute Gasteiger partial charge is 0.300 e. The molecule has 0 heterocycles. The Kier molecular flexibility index (Phi) is 2.96. The van der Waals surface area contributed by atoms with Crippen LogP contribution in [0.1, 0.15) is 28.4 Å². The van der Waals surface area contributed by atoms with Crippen LogP contribution >= 0.6 is 0 Å². The third kappa shape index (κ3) is 2.51. The van der Waals surface area contributed by atoms with Gasteiger partial charge in [0.15, 0.2) is 0 Å². The Balaban J connectivity index is 2.98. The zero-order chi connectivity index (χ0) is 9.84. The highest BCUT2D eigenvalue weighted by molar-refractivity contribution is 5.80. The second-order valence-electron chi connectivity index (χ2n) is 3.18. The number of hydrogen-bond donors (Lipinski definition) is 0. The second-order valence-corrected chi connectivity index (χ2v) is 3.18. The average Bonchev–Trinajstić information content (AvgIpc) is 2.08. The lowest BCUT2D eigenvalue weighted by Gasteiger charge is -2.03. The molecular weight excluding hydrogens is 164 g/mol. The zero-order valence-electron chi connectivity index (χ0n) is 7.83. The number of ketones is 1. The molecule has 0 aromatic heterocycles. The van der Waals surface area contributed by atoms with Crippen LogP contribution in [0.25, 0.3) is 0 Å². The summed E-state index contributed by atoms with van der Waals surface area (Å²) in [6, 6.07) is 5.37. The number of Topliss-reactive ketones (excluding diaryl/α,β-unsaturated/α-hetero) is 1. The van der Waals surface area contributed by atoms with Crippen LogP contribution in [-0.2, 0) is 11.2 Å². The summed E-state index contributed by atoms with van der Waals surface area (Å²) in [5.41, 5.74) is 2.66. The van der Waals surface area contributed by atoms with Crippen molar-refractivity contribution in [3.63, 3.8) is 0 Å². The quantitative estimate of drug-likeness (QED) is 0.659. The Bertz CT molecular complexity index is 340. The summed E-state index contributed by atoms with van der Waals surface area (Å²) in [4.78, 5) is 21.3. The van der Waals surface area contributed by atoms with Gasteiger partial charge in [0.25, 0.3) is 0 Å². The van der Waals surface area contributed by atoms with Crippen LogP contribution in [-0.4, -0.2) is 12.1 Å². The number of carbonyl (C=O) groups is 2. The van der Waals surface area contributed by atoms with Crippen molar-refractivity contribution in [2.75, 3.05) is 0 Å². The van der Waals surface area contributed by atoms with Crippen LogP contribution in [0.2, 0.25) is 0 Å². The number of carbonyl (C=O) groups excluding carboxylic acids is 2. The zero-order valence-corrected chi connectivity index (χ0v) is 7.83. The predicted octanol–water partition coefficient (Wildman–Crippen LogP) is 1.94. The summed E-state index contributed by atoms with van der Waals surface area (Å²) in [5, 5.41) is 0. The lowest BCUT2D eigenvalue weighted by Crippen LogP contribution is -1.99. The normalized spacial score (nSPS) is 9.69. The van der Waals surface area contributed by atoms with E-state index in [4.69, 9.17) is 0 Å². The average molecular weight is 176 g/mol. The van der Waals surface area contributed by atoms with Crippen LogP contribution in [0.3, 0.4) is 0 Å². The highest BCUT2D eigenvalue weighted by Crippen LogP contribution is 2.10. The van der Waals surface area contributed by atoms with Gasteiger partial charge in [0.2, 0.25) is 0 Å². The fraction of sp³-hybridized carbons (Fsp3) is 0.273. The van der Waals surface area contributed by atoms with Crippen LogP contribution < -0.4 is 0 Å². The smallest absolute Gasteiger partial charge is 0.150 e. The van der Waals surface area contributed by atoms with Gasteiger partial charge in [-0.2, -0.15) is 0 Å². The molecule has 0 N–H and O–H groups in total. The molecule has 2 heteroatoms. The Labute approximate surface area is 77.6 Å². The van der Waals surface area contributed by atoms with E-state index in [-0.39, 0.29) is 5.78 Å². The van der Waals surface area contributed by atoms with Crippen LogP contribution in [0.15, 0.2) is 18.2 Å². The molecule has 0 atom stereocenters. The maximum Gasteiger partial charge on any atom is 0.150 e. The molecule has 2 nitrogen and oxygen atoms in total. The predicted molar refractivity (Wildman–Crippen MR) is 51.0 cm³/mol. The van der Waals surface area contributed by atoms with E-state index in [2.05, 4.69) is 0 Å². The Morgan fingerprint density at radius 2 is 2.15 bits per heavy atom. The van der Waals surface area contributed by atoms with Crippen molar-refractivity contribution in [1.82, 2.24) is 0 Å². The molecule has 0 aliphatic heterocycles. The molecule has 1 aromatic carbocycles. The highest BCUT2D eigenvalue weighted by atomic mass is 16.1. The molecule has 0 unspecified atom stereocenters. The molecule has 0 saturated heterocycles. The van der Waals surface area contributed by atoms with E-state index >= 15 is 0 Å². The third-order valence-corrected chi connectivity index (χ3v) is 1.94. The van der Waals surface area contributed by atoms with E-state index in [1.165, 1.54) is 0 Å². The fourth-order valence-electron chi connectivity index (χ4n) is 1.26. The molecule has 0 radical (unpaired) electrons. The molecular formula is C11H12O2. The van der Waals surface area contributed by atoms with E-state index in [0.29, 0.717) is 12.0 Å². The van der Waals surface area contributed by atoms with Gasteiger partial charge in [0.05, 0.1) is 0 Å². The molecule has 0 aliphatic carbocycles. The van der Waals surface area contributed by atoms with Crippen LogP contribution in [0, 0.1) is 6.92 Å². The van der Waals surface area contributed by atoms with Gasteiger partial charge in [-0.05, 0) is 31.0 Å². The minimum atomic E-state index is 0.141. The maximum atomic E-state index is 10.9. The number of benzene rings is 1. The van der Waals surface area contributed by atoms with Gasteiger partial charge in [-0.3, -0.25) is 9.59 Å². The van der Waals surface area contributed by atoms with E-state index in [1.54, 1.807) is 19.1 Å². The van der Waals surface area contributed by atoms with E-state index in [0.717, 1.165) is 17.4 Å². The molecule has 0 saturated carbocycles. The first-order valence-corrected chi connectivity index (χ1v) is 4.17. The number of hydrogen-bond acceptors (Lipinski definition) is 2. The van der Waals surface area contributed by atoms with Crippen molar-refractivity contribution < 1.29 is 9.59 Å². The van der Waals surface area contributed by atoms with E-state index in [1.807, 2.05) is 13.0 Å². The van der Waals surface area contributed by atoms with E-state index < -0.39 is 0 Å². The molecule has 0 amide bonds. The maximum absolute atomic E-state index is 10.9. The van der Waals surface area contributed by atoms with Crippen molar-refractivity contribution in [2.45, 2.75) is 20.3 Å². The van der Waals surface area contributed by atoms with Crippen LogP contribution in [0.4, 0.5) is 0 Å². The summed E-state index contributed by atoms with van der Waals surface area (Å²) in [7, 11) is 0. The SMILES string of the molecule is CC(=O)Cc1ccc(C=O)cc1C. The molecule has 68 valence electrons. The lowest BCUT2D eigenvalue weighted by atomic mass is 10.0. The van der Waals surface area contributed by atoms with Crippen molar-refractivity contribution in [2.24, 2.45) is 0 Å². The van der Waals surface area contributed by atoms with E-state index in [9.17, 15) is 9.59 Å². The van der Waals surface area contributed by atoms with Gasteiger partial charge in [-0.1, -0.05) is 12.1 Å². The first-order valence-electron chi connectivity index (χ1n) is 4.17. The molecule has 13 heavy (non-hydrogen) atoms. The van der Waals surface area contributed by atoms with Gasteiger partial charge in [0.1, 0.15) is 12.1 Å². The molecule has 0 spiro atoms. The Morgan fingerprint density at radius 3 is 2.62 bits per heavy atom. The van der Waals surface area contributed by atoms with Gasteiger partial charge < -0.3 is 0 Å². The van der Waals surface area contributed by atoms with Gasteiger partial charge in [-0.15, -0.1) is 0 Å². The molecule has 0 aliphatic rings. The third-order valence-electron chi connectivity index (χ3n) is 1.94. The van der Waals surface area contributed by atoms with Crippen molar-refractivity contribution >= 4 is 12.1 Å². The minimum Gasteiger partial charge on any atom is -0.300 e. The summed E-state index contributed by atoms with van der Waals surface area (Å²) in [5.74, 6) is 0.141. The summed E-state index contributed by atoms with van der Waals surface area (Å²) in [6.07, 6.45) is 1.26. The first kappa shape index (κ1) is 9.65. The molecule has 0 bridgehead atoms. The lowest BCUT2D eigenvalue weighted by molar-refractivity contribution is -0.116. The summed E-state index contributed by atoms with van der Waals surface area (Å²) < 4.78 is 0. The van der Waals surface area contributed by atoms with Crippen molar-refractivity contribution in [1.29, 1.82) is 0 Å². The number of aryl methyl sites for hydroxylation is 1. The van der Waals surface area contributed by atoms with Crippen LogP contribution in [0.5, 0.6) is 0 Å². The molecule has 1 aromatic rings. The standard InChI is InChI=1S/C11H12O2/c1-8-5-10(7-12)3-4-11(8)6-9(2)13/h3-5,7H,6H2,1-2H3. The number of aldehydes is 1. The monoisotopic (exact) mass is 176 g/mol. The van der Waals surface area contributed by atoms with Gasteiger partial charge in [0, 0.05) is 12.0 Å². The topological polar surface area (TPSA) is 34.1 Å². The second kappa shape index (κ2) is 3.99.